The van der Waals surface area contributed by atoms with Crippen LogP contribution in [0.4, 0.5) is 11.7 Å². The molecule has 31 heavy (non-hydrogen) atoms. The Labute approximate surface area is 185 Å². The molecule has 0 spiro atoms. The molecule has 1 aliphatic heterocycles. The largest absolute Gasteiger partial charge is 0.480 e. The van der Waals surface area contributed by atoms with Crippen LogP contribution in [-0.4, -0.2) is 40.4 Å². The molecule has 10 heteroatoms. The topological polar surface area (TPSA) is 102 Å². The zero-order valence-electron chi connectivity index (χ0n) is 17.4. The van der Waals surface area contributed by atoms with E-state index in [1.807, 2.05) is 6.92 Å². The predicted molar refractivity (Wildman–Crippen MR) is 118 cm³/mol. The van der Waals surface area contributed by atoms with Gasteiger partial charge in [0.25, 0.3) is 0 Å². The molecule has 3 heterocycles. The number of allylic oxidation sites excluding steroid dienone is 5. The number of carbonyl (C=O) groups excluding carboxylic acids is 2. The van der Waals surface area contributed by atoms with Crippen LogP contribution in [0, 0.1) is 0 Å². The highest BCUT2D eigenvalue weighted by Gasteiger charge is 2.25. The van der Waals surface area contributed by atoms with Crippen molar-refractivity contribution in [2.75, 3.05) is 23.9 Å². The third kappa shape index (κ3) is 5.85. The summed E-state index contributed by atoms with van der Waals surface area (Å²) in [4.78, 5) is 26.6. The number of halogens is 1. The minimum Gasteiger partial charge on any atom is -0.480 e. The SMILES string of the molecule is C=C(Cl)/C=C\C=C(/C)c1cc(NC(=O)CCC(=O)N2CCCn3nc(OC)cc32)on1. The number of nitrogens with zero attached hydrogens (tertiary/aromatic N) is 4. The average molecular weight is 446 g/mol. The number of amides is 2. The van der Waals surface area contributed by atoms with E-state index in [2.05, 4.69) is 22.2 Å². The van der Waals surface area contributed by atoms with E-state index in [-0.39, 0.29) is 30.5 Å². The molecule has 0 radical (unpaired) electrons. The third-order valence-corrected chi connectivity index (χ3v) is 4.77. The van der Waals surface area contributed by atoms with E-state index >= 15 is 0 Å². The van der Waals surface area contributed by atoms with Crippen LogP contribution < -0.4 is 15.0 Å². The molecule has 1 N–H and O–H groups in total. The maximum absolute atomic E-state index is 12.7. The Morgan fingerprint density at radius 3 is 2.90 bits per heavy atom. The summed E-state index contributed by atoms with van der Waals surface area (Å²) in [5.74, 6) is 0.873. The zero-order valence-corrected chi connectivity index (χ0v) is 18.2. The van der Waals surface area contributed by atoms with Crippen molar-refractivity contribution in [1.29, 1.82) is 0 Å². The molecular weight excluding hydrogens is 422 g/mol. The maximum atomic E-state index is 12.7. The number of methoxy groups -OCH3 is 1. The Morgan fingerprint density at radius 1 is 1.35 bits per heavy atom. The number of ether oxygens (including phenoxy) is 1. The Bertz CT molecular complexity index is 1040. The summed E-state index contributed by atoms with van der Waals surface area (Å²) in [6.45, 7) is 6.72. The van der Waals surface area contributed by atoms with Gasteiger partial charge in [-0.15, -0.1) is 5.10 Å². The first kappa shape index (κ1) is 22.4. The van der Waals surface area contributed by atoms with Gasteiger partial charge in [-0.3, -0.25) is 19.8 Å². The zero-order chi connectivity index (χ0) is 22.4. The predicted octanol–water partition coefficient (Wildman–Crippen LogP) is 3.75. The van der Waals surface area contributed by atoms with Gasteiger partial charge in [0.15, 0.2) is 0 Å². The number of anilines is 2. The summed E-state index contributed by atoms with van der Waals surface area (Å²) < 4.78 is 12.0. The molecule has 2 amide bonds. The fourth-order valence-corrected chi connectivity index (χ4v) is 3.14. The molecule has 2 aromatic heterocycles. The van der Waals surface area contributed by atoms with Gasteiger partial charge in [-0.25, -0.2) is 4.68 Å². The molecule has 0 bridgehead atoms. The second-order valence-electron chi connectivity index (χ2n) is 6.95. The number of fused-ring (bicyclic) bond motifs is 1. The van der Waals surface area contributed by atoms with Crippen LogP contribution in [0.1, 0.15) is 31.9 Å². The summed E-state index contributed by atoms with van der Waals surface area (Å²) in [5.41, 5.74) is 1.40. The van der Waals surface area contributed by atoms with Crippen LogP contribution >= 0.6 is 11.6 Å². The third-order valence-electron chi connectivity index (χ3n) is 4.64. The average Bonchev–Trinajstić information content (AvgIpc) is 3.38. The second kappa shape index (κ2) is 10.1. The highest BCUT2D eigenvalue weighted by atomic mass is 35.5. The molecule has 3 rings (SSSR count). The standard InChI is InChI=1S/C21H24ClN5O4/c1-14(6-4-7-15(2)22)16-12-18(31-25-16)23-17(28)8-9-21(29)26-10-5-11-27-20(26)13-19(24-27)30-3/h4,6-7,12-13H,2,5,8-11H2,1,3H3,(H,23,28)/b7-4-,14-6+. The molecule has 0 aliphatic carbocycles. The Morgan fingerprint density at radius 2 is 2.16 bits per heavy atom. The van der Waals surface area contributed by atoms with E-state index in [9.17, 15) is 9.59 Å². The van der Waals surface area contributed by atoms with Gasteiger partial charge in [-0.1, -0.05) is 35.5 Å². The van der Waals surface area contributed by atoms with Gasteiger partial charge in [0.1, 0.15) is 11.5 Å². The van der Waals surface area contributed by atoms with E-state index in [4.69, 9.17) is 20.9 Å². The smallest absolute Gasteiger partial charge is 0.234 e. The molecule has 2 aromatic rings. The highest BCUT2D eigenvalue weighted by Crippen LogP contribution is 2.26. The van der Waals surface area contributed by atoms with Gasteiger partial charge < -0.3 is 9.26 Å². The van der Waals surface area contributed by atoms with Gasteiger partial charge >= 0.3 is 0 Å². The normalized spacial score (nSPS) is 13.9. The summed E-state index contributed by atoms with van der Waals surface area (Å²) in [7, 11) is 1.53. The van der Waals surface area contributed by atoms with Crippen molar-refractivity contribution < 1.29 is 18.8 Å². The molecule has 0 atom stereocenters. The van der Waals surface area contributed by atoms with Crippen LogP contribution in [0.25, 0.3) is 5.57 Å². The lowest BCUT2D eigenvalue weighted by Gasteiger charge is -2.27. The monoisotopic (exact) mass is 445 g/mol. The molecule has 0 saturated heterocycles. The quantitative estimate of drug-likeness (QED) is 0.621. The molecule has 164 valence electrons. The number of nitrogens with one attached hydrogen (secondary N) is 1. The van der Waals surface area contributed by atoms with Gasteiger partial charge in [0, 0.05) is 43.1 Å². The van der Waals surface area contributed by atoms with Crippen molar-refractivity contribution in [2.45, 2.75) is 32.7 Å². The van der Waals surface area contributed by atoms with Gasteiger partial charge in [-0.2, -0.15) is 0 Å². The minimum atomic E-state index is -0.334. The highest BCUT2D eigenvalue weighted by molar-refractivity contribution is 6.30. The van der Waals surface area contributed by atoms with Crippen molar-refractivity contribution in [1.82, 2.24) is 14.9 Å². The Balaban J connectivity index is 1.53. The molecule has 0 unspecified atom stereocenters. The number of aromatic nitrogens is 3. The fourth-order valence-electron chi connectivity index (χ4n) is 3.07. The minimum absolute atomic E-state index is 0.0199. The summed E-state index contributed by atoms with van der Waals surface area (Å²) in [5, 5.41) is 11.2. The first-order valence-corrected chi connectivity index (χ1v) is 10.1. The van der Waals surface area contributed by atoms with Crippen LogP contribution in [0.3, 0.4) is 0 Å². The first-order chi connectivity index (χ1) is 14.9. The number of hydrogen-bond donors (Lipinski definition) is 1. The van der Waals surface area contributed by atoms with Gasteiger partial charge in [0.2, 0.25) is 23.6 Å². The van der Waals surface area contributed by atoms with Crippen molar-refractivity contribution in [3.8, 4) is 5.88 Å². The van der Waals surface area contributed by atoms with E-state index in [0.717, 1.165) is 18.5 Å². The van der Waals surface area contributed by atoms with E-state index in [0.29, 0.717) is 29.0 Å². The Hall–Kier alpha value is -3.33. The van der Waals surface area contributed by atoms with Crippen LogP contribution in [-0.2, 0) is 16.1 Å². The van der Waals surface area contributed by atoms with Gasteiger partial charge in [-0.05, 0) is 25.0 Å². The molecule has 1 aliphatic rings. The number of aryl methyl sites for hydroxylation is 1. The lowest BCUT2D eigenvalue weighted by molar-refractivity contribution is -0.122. The molecule has 0 aromatic carbocycles. The molecule has 0 fully saturated rings. The van der Waals surface area contributed by atoms with Crippen LogP contribution in [0.15, 0.2) is 46.5 Å². The van der Waals surface area contributed by atoms with Crippen LogP contribution in [0.2, 0.25) is 0 Å². The van der Waals surface area contributed by atoms with Crippen molar-refractivity contribution in [3.63, 3.8) is 0 Å². The lowest BCUT2D eigenvalue weighted by atomic mass is 10.2. The molecular formula is C21H24ClN5O4. The van der Waals surface area contributed by atoms with Gasteiger partial charge in [0.05, 0.1) is 7.11 Å². The van der Waals surface area contributed by atoms with Crippen molar-refractivity contribution in [2.24, 2.45) is 0 Å². The fraction of sp³-hybridized carbons (Fsp3) is 0.333. The second-order valence-corrected chi connectivity index (χ2v) is 7.43. The number of hydrogen-bond acceptors (Lipinski definition) is 6. The Kier molecular flexibility index (Phi) is 7.30. The first-order valence-electron chi connectivity index (χ1n) is 9.76. The maximum Gasteiger partial charge on any atom is 0.234 e. The summed E-state index contributed by atoms with van der Waals surface area (Å²) in [6.07, 6.45) is 6.06. The number of carbonyl (C=O) groups is 2. The van der Waals surface area contributed by atoms with Crippen molar-refractivity contribution in [3.05, 3.63) is 47.7 Å². The van der Waals surface area contributed by atoms with Crippen LogP contribution in [0.5, 0.6) is 5.88 Å². The molecule has 9 nitrogen and oxygen atoms in total. The van der Waals surface area contributed by atoms with E-state index in [1.165, 1.54) is 7.11 Å². The number of rotatable bonds is 8. The summed E-state index contributed by atoms with van der Waals surface area (Å²) >= 11 is 5.67. The molecule has 0 saturated carbocycles. The lowest BCUT2D eigenvalue weighted by Crippen LogP contribution is -2.37. The summed E-state index contributed by atoms with van der Waals surface area (Å²) in [6, 6.07) is 3.34. The van der Waals surface area contributed by atoms with Crippen molar-refractivity contribution >= 4 is 40.7 Å². The van der Waals surface area contributed by atoms with E-state index in [1.54, 1.807) is 39.9 Å². The van der Waals surface area contributed by atoms with E-state index < -0.39 is 0 Å².